The summed E-state index contributed by atoms with van der Waals surface area (Å²) in [5.41, 5.74) is 1.61. The molecule has 8 nitrogen and oxygen atoms in total. The maximum Gasteiger partial charge on any atom is 0.410 e. The summed E-state index contributed by atoms with van der Waals surface area (Å²) in [6.07, 6.45) is 4.35. The van der Waals surface area contributed by atoms with Crippen LogP contribution in [0, 0.1) is 11.8 Å². The van der Waals surface area contributed by atoms with E-state index in [2.05, 4.69) is 32.5 Å². The highest BCUT2D eigenvalue weighted by molar-refractivity contribution is 5.94. The average Bonchev–Trinajstić information content (AvgIpc) is 2.74. The second-order valence-corrected chi connectivity index (χ2v) is 9.98. The second kappa shape index (κ2) is 9.77. The standard InChI is InChI=1S/C25H33N5O3/c1-25(2,3)33-24(32)29-13-10-19(11-14-29)15-18-6-8-21(9-7-18)27-23(31)20-16-30(17-20)22-5-4-12-26-28-22/h4-9,12,19-20H,10-11,13-17H2,1-3H3,(H,27,31). The lowest BCUT2D eigenvalue weighted by atomic mass is 9.90. The topological polar surface area (TPSA) is 87.7 Å². The van der Waals surface area contributed by atoms with Crippen LogP contribution in [0.3, 0.4) is 0 Å². The zero-order valence-corrected chi connectivity index (χ0v) is 19.7. The van der Waals surface area contributed by atoms with Gasteiger partial charge in [0.25, 0.3) is 0 Å². The third-order valence-electron chi connectivity index (χ3n) is 6.15. The molecule has 2 amide bonds. The highest BCUT2D eigenvalue weighted by Gasteiger charge is 2.33. The first kappa shape index (κ1) is 23.0. The van der Waals surface area contributed by atoms with Crippen LogP contribution in [0.4, 0.5) is 16.3 Å². The minimum Gasteiger partial charge on any atom is -0.444 e. The normalized spacial score (nSPS) is 17.4. The predicted octanol–water partition coefficient (Wildman–Crippen LogP) is 3.74. The van der Waals surface area contributed by atoms with Crippen LogP contribution in [0.25, 0.3) is 0 Å². The largest absolute Gasteiger partial charge is 0.444 e. The molecule has 0 aliphatic carbocycles. The van der Waals surface area contributed by atoms with Crippen molar-refractivity contribution in [1.82, 2.24) is 15.1 Å². The molecule has 2 aliphatic heterocycles. The van der Waals surface area contributed by atoms with Gasteiger partial charge in [0.05, 0.1) is 5.92 Å². The lowest BCUT2D eigenvalue weighted by molar-refractivity contribution is -0.120. The molecule has 0 bridgehead atoms. The van der Waals surface area contributed by atoms with Crippen LogP contribution in [-0.2, 0) is 16.0 Å². The van der Waals surface area contributed by atoms with Crippen molar-refractivity contribution in [3.05, 3.63) is 48.2 Å². The molecule has 0 atom stereocenters. The average molecular weight is 452 g/mol. The molecule has 1 aromatic carbocycles. The Balaban J connectivity index is 1.19. The Morgan fingerprint density at radius 3 is 2.39 bits per heavy atom. The van der Waals surface area contributed by atoms with Crippen LogP contribution in [-0.4, -0.2) is 58.9 Å². The van der Waals surface area contributed by atoms with E-state index >= 15 is 0 Å². The van der Waals surface area contributed by atoms with Crippen LogP contribution in [0.5, 0.6) is 0 Å². The molecule has 4 rings (SSSR count). The Morgan fingerprint density at radius 1 is 1.09 bits per heavy atom. The van der Waals surface area contributed by atoms with Crippen molar-refractivity contribution >= 4 is 23.5 Å². The molecule has 2 aliphatic rings. The van der Waals surface area contributed by atoms with E-state index in [1.54, 1.807) is 6.20 Å². The summed E-state index contributed by atoms with van der Waals surface area (Å²) in [5.74, 6) is 1.35. The molecule has 8 heteroatoms. The summed E-state index contributed by atoms with van der Waals surface area (Å²) < 4.78 is 5.48. The first-order valence-corrected chi connectivity index (χ1v) is 11.7. The van der Waals surface area contributed by atoms with Gasteiger partial charge < -0.3 is 19.9 Å². The summed E-state index contributed by atoms with van der Waals surface area (Å²) in [6.45, 7) is 8.47. The molecule has 0 saturated carbocycles. The molecule has 33 heavy (non-hydrogen) atoms. The number of benzene rings is 1. The van der Waals surface area contributed by atoms with E-state index in [1.807, 2.05) is 49.9 Å². The summed E-state index contributed by atoms with van der Waals surface area (Å²) in [7, 11) is 0. The van der Waals surface area contributed by atoms with Gasteiger partial charge in [0.1, 0.15) is 5.60 Å². The van der Waals surface area contributed by atoms with Crippen LogP contribution < -0.4 is 10.2 Å². The summed E-state index contributed by atoms with van der Waals surface area (Å²) in [6, 6.07) is 11.9. The maximum absolute atomic E-state index is 12.5. The van der Waals surface area contributed by atoms with Crippen molar-refractivity contribution in [1.29, 1.82) is 0 Å². The molecule has 0 radical (unpaired) electrons. The molecule has 1 N–H and O–H groups in total. The van der Waals surface area contributed by atoms with Gasteiger partial charge in [-0.1, -0.05) is 12.1 Å². The molecule has 176 valence electrons. The number of nitrogens with zero attached hydrogens (tertiary/aromatic N) is 4. The number of piperidine rings is 1. The van der Waals surface area contributed by atoms with Gasteiger partial charge in [0, 0.05) is 38.1 Å². The molecule has 0 spiro atoms. The monoisotopic (exact) mass is 451 g/mol. The van der Waals surface area contributed by atoms with E-state index in [0.29, 0.717) is 19.0 Å². The van der Waals surface area contributed by atoms with Crippen LogP contribution in [0.1, 0.15) is 39.2 Å². The van der Waals surface area contributed by atoms with Crippen molar-refractivity contribution in [2.45, 2.75) is 45.6 Å². The highest BCUT2D eigenvalue weighted by atomic mass is 16.6. The van der Waals surface area contributed by atoms with Gasteiger partial charge in [-0.15, -0.1) is 5.10 Å². The fraction of sp³-hybridized carbons (Fsp3) is 0.520. The number of carbonyl (C=O) groups excluding carboxylic acids is 2. The molecule has 2 aromatic rings. The number of carbonyl (C=O) groups is 2. The molecule has 2 fully saturated rings. The zero-order valence-electron chi connectivity index (χ0n) is 19.7. The van der Waals surface area contributed by atoms with Crippen LogP contribution in [0.2, 0.25) is 0 Å². The SMILES string of the molecule is CC(C)(C)OC(=O)N1CCC(Cc2ccc(NC(=O)C3CN(c4cccnn4)C3)cc2)CC1. The van der Waals surface area contributed by atoms with Crippen molar-refractivity contribution in [2.75, 3.05) is 36.4 Å². The number of rotatable bonds is 5. The summed E-state index contributed by atoms with van der Waals surface area (Å²) >= 11 is 0. The minimum absolute atomic E-state index is 0.0393. The lowest BCUT2D eigenvalue weighted by Gasteiger charge is -2.38. The Morgan fingerprint density at radius 2 is 1.79 bits per heavy atom. The van der Waals surface area contributed by atoms with Gasteiger partial charge in [-0.05, 0) is 75.8 Å². The quantitative estimate of drug-likeness (QED) is 0.745. The van der Waals surface area contributed by atoms with E-state index in [1.165, 1.54) is 5.56 Å². The number of anilines is 2. The van der Waals surface area contributed by atoms with Gasteiger partial charge in [0.2, 0.25) is 5.91 Å². The van der Waals surface area contributed by atoms with E-state index in [4.69, 9.17) is 4.74 Å². The van der Waals surface area contributed by atoms with Crippen LogP contribution in [0.15, 0.2) is 42.6 Å². The Hall–Kier alpha value is -3.16. The molecular weight excluding hydrogens is 418 g/mol. The number of amides is 2. The van der Waals surface area contributed by atoms with Crippen molar-refractivity contribution in [2.24, 2.45) is 11.8 Å². The smallest absolute Gasteiger partial charge is 0.410 e. The van der Waals surface area contributed by atoms with Gasteiger partial charge in [-0.2, -0.15) is 5.10 Å². The lowest BCUT2D eigenvalue weighted by Crippen LogP contribution is -2.52. The fourth-order valence-corrected chi connectivity index (χ4v) is 4.24. The molecule has 0 unspecified atom stereocenters. The van der Waals surface area contributed by atoms with E-state index < -0.39 is 5.60 Å². The number of aromatic nitrogens is 2. The van der Waals surface area contributed by atoms with Gasteiger partial charge in [-0.25, -0.2) is 4.79 Å². The van der Waals surface area contributed by atoms with Gasteiger partial charge >= 0.3 is 6.09 Å². The highest BCUT2D eigenvalue weighted by Crippen LogP contribution is 2.25. The van der Waals surface area contributed by atoms with Crippen LogP contribution >= 0.6 is 0 Å². The van der Waals surface area contributed by atoms with Gasteiger partial charge in [0.15, 0.2) is 5.82 Å². The molecule has 2 saturated heterocycles. The first-order chi connectivity index (χ1) is 15.8. The van der Waals surface area contributed by atoms with E-state index in [0.717, 1.165) is 43.9 Å². The predicted molar refractivity (Wildman–Crippen MR) is 127 cm³/mol. The number of ether oxygens (including phenoxy) is 1. The summed E-state index contributed by atoms with van der Waals surface area (Å²) in [5, 5.41) is 11.0. The first-order valence-electron chi connectivity index (χ1n) is 11.7. The second-order valence-electron chi connectivity index (χ2n) is 9.98. The van der Waals surface area contributed by atoms with Crippen molar-refractivity contribution in [3.8, 4) is 0 Å². The minimum atomic E-state index is -0.459. The third-order valence-corrected chi connectivity index (χ3v) is 6.15. The van der Waals surface area contributed by atoms with Crippen molar-refractivity contribution < 1.29 is 14.3 Å². The van der Waals surface area contributed by atoms with E-state index in [9.17, 15) is 9.59 Å². The Bertz CT molecular complexity index is 944. The van der Waals surface area contributed by atoms with Crippen molar-refractivity contribution in [3.63, 3.8) is 0 Å². The Kier molecular flexibility index (Phi) is 6.81. The Labute approximate surface area is 195 Å². The van der Waals surface area contributed by atoms with Gasteiger partial charge in [-0.3, -0.25) is 4.79 Å². The number of hydrogen-bond acceptors (Lipinski definition) is 6. The number of hydrogen-bond donors (Lipinski definition) is 1. The third kappa shape index (κ3) is 6.21. The number of nitrogens with one attached hydrogen (secondary N) is 1. The maximum atomic E-state index is 12.5. The number of likely N-dealkylation sites (tertiary alicyclic amines) is 1. The molecule has 3 heterocycles. The summed E-state index contributed by atoms with van der Waals surface area (Å²) in [4.78, 5) is 28.6. The molecule has 1 aromatic heterocycles. The zero-order chi connectivity index (χ0) is 23.4. The van der Waals surface area contributed by atoms with E-state index in [-0.39, 0.29) is 17.9 Å². The molecular formula is C25H33N5O3. The fourth-order valence-electron chi connectivity index (χ4n) is 4.24.